The fourth-order valence-corrected chi connectivity index (χ4v) is 8.16. The number of hydrogen-bond donors (Lipinski definition) is 0. The van der Waals surface area contributed by atoms with Crippen LogP contribution in [-0.2, 0) is 6.42 Å². The van der Waals surface area contributed by atoms with E-state index in [2.05, 4.69) is 132 Å². The van der Waals surface area contributed by atoms with E-state index in [0.717, 1.165) is 90.0 Å². The molecule has 9 aromatic rings. The highest BCUT2D eigenvalue weighted by atomic mass is 16.3. The molecule has 10 rings (SSSR count). The zero-order chi connectivity index (χ0) is 34.9. The van der Waals surface area contributed by atoms with Crippen molar-refractivity contribution in [1.82, 2.24) is 4.40 Å². The molecule has 0 unspecified atom stereocenters. The molecule has 0 saturated carbocycles. The summed E-state index contributed by atoms with van der Waals surface area (Å²) in [6, 6.07) is 36.1. The first-order valence-electron chi connectivity index (χ1n) is 17.6. The minimum Gasteiger partial charge on any atom is -0.460 e. The van der Waals surface area contributed by atoms with Crippen molar-refractivity contribution in [2.75, 3.05) is 4.90 Å². The average Bonchev–Trinajstić information content (AvgIpc) is 3.91. The van der Waals surface area contributed by atoms with Gasteiger partial charge in [-0.15, -0.1) is 0 Å². The van der Waals surface area contributed by atoms with Gasteiger partial charge in [-0.25, -0.2) is 0 Å². The van der Waals surface area contributed by atoms with Crippen molar-refractivity contribution in [2.45, 2.75) is 12.8 Å². The number of fused-ring (bicyclic) bond motifs is 9. The van der Waals surface area contributed by atoms with Crippen LogP contribution < -0.4 is 15.5 Å². The Morgan fingerprint density at radius 1 is 0.712 bits per heavy atom. The molecule has 0 atom stereocenters. The molecule has 248 valence electrons. The van der Waals surface area contributed by atoms with Crippen LogP contribution in [0.4, 0.5) is 5.69 Å². The molecule has 0 saturated heterocycles. The second-order valence-corrected chi connectivity index (χ2v) is 13.4. The van der Waals surface area contributed by atoms with Gasteiger partial charge in [-0.05, 0) is 72.2 Å². The van der Waals surface area contributed by atoms with Gasteiger partial charge in [0.2, 0.25) is 0 Å². The molecule has 4 aromatic heterocycles. The van der Waals surface area contributed by atoms with E-state index in [-0.39, 0.29) is 0 Å². The maximum Gasteiger partial charge on any atom is 0.137 e. The van der Waals surface area contributed by atoms with Gasteiger partial charge < -0.3 is 18.1 Å². The number of para-hydroxylation sites is 3. The molecular weight excluding hydrogens is 637 g/mol. The highest BCUT2D eigenvalue weighted by Gasteiger charge is 2.22. The molecule has 0 radical (unpaired) electrons. The Kier molecular flexibility index (Phi) is 6.74. The van der Waals surface area contributed by atoms with E-state index in [1.54, 1.807) is 0 Å². The van der Waals surface area contributed by atoms with Gasteiger partial charge in [0.05, 0.1) is 16.4 Å². The third-order valence-electron chi connectivity index (χ3n) is 10.6. The predicted octanol–water partition coefficient (Wildman–Crippen LogP) is 11.3. The van der Waals surface area contributed by atoms with Gasteiger partial charge in [0.25, 0.3) is 0 Å². The quantitative estimate of drug-likeness (QED) is 0.158. The molecule has 1 aliphatic rings. The summed E-state index contributed by atoms with van der Waals surface area (Å²) in [5.41, 5.74) is 10.5. The van der Waals surface area contributed by atoms with Gasteiger partial charge in [-0.2, -0.15) is 0 Å². The van der Waals surface area contributed by atoms with Crippen molar-refractivity contribution in [2.24, 2.45) is 0 Å². The molecule has 4 heteroatoms. The first-order chi connectivity index (χ1) is 25.6. The number of furan rings is 2. The van der Waals surface area contributed by atoms with Crippen LogP contribution >= 0.6 is 0 Å². The van der Waals surface area contributed by atoms with Gasteiger partial charge in [-0.1, -0.05) is 98.6 Å². The standard InChI is InChI=1S/C48H34N2O2/c1-4-12-42-30(3)35-16-10-17-39-40-27-32(20-24-43(40)50(42)48(35)39)31(5-2)13-11-26-49(33-22-25-46-41(28-33)37-15-7-9-19-45(37)51-46)34-21-23-38-36-14-6-8-18-44(36)52-47(38)29-34/h4-21,23-24,26-29H,1-3,22,25H2/b26-11+,31-13+,42-12+. The minimum atomic E-state index is 0.827. The summed E-state index contributed by atoms with van der Waals surface area (Å²) < 4.78 is 14.9. The molecule has 0 spiro atoms. The van der Waals surface area contributed by atoms with Crippen LogP contribution in [-0.4, -0.2) is 4.40 Å². The van der Waals surface area contributed by atoms with E-state index in [0.29, 0.717) is 0 Å². The summed E-state index contributed by atoms with van der Waals surface area (Å²) in [6.07, 6.45) is 16.2. The maximum absolute atomic E-state index is 6.33. The number of allylic oxidation sites excluding steroid dienone is 6. The molecule has 4 heterocycles. The molecule has 0 aliphatic heterocycles. The molecule has 0 bridgehead atoms. The SMILES string of the molecule is C=C/C=c1\c(=C)c2cccc3c4cc(/C(C=C)=C/C=C/N(C5=Cc6c(oc7ccccc67)CC5)c5ccc6c(c5)oc5ccccc56)ccc4n1c23. The van der Waals surface area contributed by atoms with Gasteiger partial charge in [-0.3, -0.25) is 0 Å². The second kappa shape index (κ2) is 11.6. The number of aromatic nitrogens is 1. The Bertz CT molecular complexity index is 3140. The summed E-state index contributed by atoms with van der Waals surface area (Å²) in [6.45, 7) is 12.6. The van der Waals surface area contributed by atoms with E-state index in [9.17, 15) is 0 Å². The highest BCUT2D eigenvalue weighted by molar-refractivity contribution is 6.15. The van der Waals surface area contributed by atoms with E-state index >= 15 is 0 Å². The summed E-state index contributed by atoms with van der Waals surface area (Å²) in [5, 5.41) is 9.04. The molecule has 52 heavy (non-hydrogen) atoms. The van der Waals surface area contributed by atoms with Crippen molar-refractivity contribution in [1.29, 1.82) is 0 Å². The number of rotatable bonds is 7. The summed E-state index contributed by atoms with van der Waals surface area (Å²) >= 11 is 0. The number of anilines is 1. The van der Waals surface area contributed by atoms with Crippen molar-refractivity contribution in [3.8, 4) is 0 Å². The van der Waals surface area contributed by atoms with Crippen LogP contribution in [0.25, 0.3) is 84.4 Å². The Hall–Kier alpha value is -6.78. The maximum atomic E-state index is 6.33. The Balaban J connectivity index is 1.09. The summed E-state index contributed by atoms with van der Waals surface area (Å²) in [5.74, 6) is 1.04. The molecule has 0 N–H and O–H groups in total. The van der Waals surface area contributed by atoms with Crippen molar-refractivity contribution < 1.29 is 8.83 Å². The molecule has 0 fully saturated rings. The Morgan fingerprint density at radius 3 is 2.33 bits per heavy atom. The van der Waals surface area contributed by atoms with Crippen LogP contribution in [0, 0.1) is 0 Å². The molecule has 0 amide bonds. The lowest BCUT2D eigenvalue weighted by molar-refractivity contribution is 0.542. The van der Waals surface area contributed by atoms with Crippen molar-refractivity contribution in [3.05, 3.63) is 180 Å². The Morgan fingerprint density at radius 2 is 1.48 bits per heavy atom. The lowest BCUT2D eigenvalue weighted by Gasteiger charge is -2.26. The second-order valence-electron chi connectivity index (χ2n) is 13.4. The van der Waals surface area contributed by atoms with Crippen molar-refractivity contribution >= 4 is 90.1 Å². The molecule has 4 nitrogen and oxygen atoms in total. The number of benzene rings is 5. The smallest absolute Gasteiger partial charge is 0.137 e. The number of hydrogen-bond acceptors (Lipinski definition) is 3. The van der Waals surface area contributed by atoms with E-state index < -0.39 is 0 Å². The Labute approximate surface area is 300 Å². The van der Waals surface area contributed by atoms with E-state index in [1.165, 1.54) is 27.4 Å². The minimum absolute atomic E-state index is 0.827. The fraction of sp³-hybridized carbons (Fsp3) is 0.0417. The molecule has 5 aromatic carbocycles. The van der Waals surface area contributed by atoms with Crippen LogP contribution in [0.15, 0.2) is 161 Å². The van der Waals surface area contributed by atoms with Gasteiger partial charge in [0, 0.05) is 73.2 Å². The summed E-state index contributed by atoms with van der Waals surface area (Å²) in [4.78, 5) is 2.28. The predicted molar refractivity (Wildman–Crippen MR) is 219 cm³/mol. The number of nitrogens with zero attached hydrogens (tertiary/aromatic N) is 2. The lowest BCUT2D eigenvalue weighted by Crippen LogP contribution is -2.23. The van der Waals surface area contributed by atoms with Gasteiger partial charge >= 0.3 is 0 Å². The van der Waals surface area contributed by atoms with E-state index in [4.69, 9.17) is 8.83 Å². The average molecular weight is 671 g/mol. The lowest BCUT2D eigenvalue weighted by atomic mass is 9.99. The third-order valence-corrected chi connectivity index (χ3v) is 10.6. The van der Waals surface area contributed by atoms with Crippen LogP contribution in [0.1, 0.15) is 23.3 Å². The third kappa shape index (κ3) is 4.47. The first kappa shape index (κ1) is 30.1. The first-order valence-corrected chi connectivity index (χ1v) is 17.6. The van der Waals surface area contributed by atoms with Gasteiger partial charge in [0.1, 0.15) is 22.5 Å². The van der Waals surface area contributed by atoms with Crippen LogP contribution in [0.5, 0.6) is 0 Å². The zero-order valence-corrected chi connectivity index (χ0v) is 28.6. The van der Waals surface area contributed by atoms with Crippen LogP contribution in [0.3, 0.4) is 0 Å². The topological polar surface area (TPSA) is 33.9 Å². The fourth-order valence-electron chi connectivity index (χ4n) is 8.16. The highest BCUT2D eigenvalue weighted by Crippen LogP contribution is 2.38. The van der Waals surface area contributed by atoms with E-state index in [1.807, 2.05) is 42.5 Å². The normalized spacial score (nSPS) is 14.1. The molecular formula is C48H34N2O2. The number of aryl methyl sites for hydroxylation is 1. The van der Waals surface area contributed by atoms with Crippen molar-refractivity contribution in [3.63, 3.8) is 0 Å². The van der Waals surface area contributed by atoms with Crippen LogP contribution in [0.2, 0.25) is 0 Å². The summed E-state index contributed by atoms with van der Waals surface area (Å²) in [7, 11) is 0. The molecule has 1 aliphatic carbocycles. The van der Waals surface area contributed by atoms with Gasteiger partial charge in [0.15, 0.2) is 0 Å². The largest absolute Gasteiger partial charge is 0.460 e. The monoisotopic (exact) mass is 670 g/mol. The zero-order valence-electron chi connectivity index (χ0n) is 28.6.